The van der Waals surface area contributed by atoms with Crippen molar-refractivity contribution in [2.24, 2.45) is 0 Å². The molecule has 5 nitrogen and oxygen atoms in total. The zero-order chi connectivity index (χ0) is 16.8. The number of nitrogens with zero attached hydrogens (tertiary/aromatic N) is 1. The van der Waals surface area contributed by atoms with Gasteiger partial charge in [-0.25, -0.2) is 0 Å². The lowest BCUT2D eigenvalue weighted by atomic mass is 10.1. The predicted octanol–water partition coefficient (Wildman–Crippen LogP) is 0.173. The highest BCUT2D eigenvalue weighted by molar-refractivity contribution is 5.77. The molecule has 0 unspecified atom stereocenters. The second-order valence-electron chi connectivity index (χ2n) is 6.32. The fourth-order valence-electron chi connectivity index (χ4n) is 2.96. The van der Waals surface area contributed by atoms with Crippen LogP contribution in [0, 0.1) is 0 Å². The maximum atomic E-state index is 12.2. The van der Waals surface area contributed by atoms with E-state index in [4.69, 9.17) is 0 Å². The lowest BCUT2D eigenvalue weighted by molar-refractivity contribution is -0.896. The highest BCUT2D eigenvalue weighted by Gasteiger charge is 2.23. The molecule has 1 aliphatic heterocycles. The van der Waals surface area contributed by atoms with E-state index >= 15 is 0 Å². The van der Waals surface area contributed by atoms with E-state index < -0.39 is 0 Å². The zero-order valence-corrected chi connectivity index (χ0v) is 14.4. The molecule has 126 valence electrons. The van der Waals surface area contributed by atoms with Crippen LogP contribution in [0.4, 0.5) is 0 Å². The number of amides is 2. The molecule has 2 amide bonds. The van der Waals surface area contributed by atoms with Crippen LogP contribution in [-0.4, -0.2) is 49.4 Å². The van der Waals surface area contributed by atoms with Crippen molar-refractivity contribution in [1.82, 2.24) is 10.2 Å². The molecule has 2 rings (SSSR count). The van der Waals surface area contributed by atoms with E-state index in [1.54, 1.807) is 6.92 Å². The van der Waals surface area contributed by atoms with Gasteiger partial charge >= 0.3 is 0 Å². The molecule has 5 heteroatoms. The Kier molecular flexibility index (Phi) is 6.16. The minimum Gasteiger partial charge on any atom is -0.345 e. The molecule has 1 aliphatic rings. The molecule has 1 aromatic rings. The van der Waals surface area contributed by atoms with Crippen LogP contribution >= 0.6 is 0 Å². The van der Waals surface area contributed by atoms with Gasteiger partial charge in [0, 0.05) is 6.92 Å². The molecule has 0 radical (unpaired) electrons. The van der Waals surface area contributed by atoms with Crippen molar-refractivity contribution < 1.29 is 14.5 Å². The quantitative estimate of drug-likeness (QED) is 0.813. The smallest absolute Gasteiger partial charge is 0.275 e. The van der Waals surface area contributed by atoms with E-state index in [1.807, 2.05) is 11.8 Å². The summed E-state index contributed by atoms with van der Waals surface area (Å²) >= 11 is 0. The Morgan fingerprint density at radius 3 is 2.35 bits per heavy atom. The molecule has 1 atom stereocenters. The predicted molar refractivity (Wildman–Crippen MR) is 90.2 cm³/mol. The summed E-state index contributed by atoms with van der Waals surface area (Å²) in [5.74, 6) is 0.195. The fraction of sp³-hybridized carbons (Fsp3) is 0.556. The van der Waals surface area contributed by atoms with E-state index in [2.05, 4.69) is 36.5 Å². The van der Waals surface area contributed by atoms with Crippen molar-refractivity contribution in [1.29, 1.82) is 0 Å². The zero-order valence-electron chi connectivity index (χ0n) is 14.4. The Labute approximate surface area is 138 Å². The molecular weight excluding hydrogens is 290 g/mol. The molecule has 0 spiro atoms. The molecular formula is C18H28N3O2+. The van der Waals surface area contributed by atoms with Crippen molar-refractivity contribution in [2.45, 2.75) is 33.2 Å². The number of rotatable bonds is 5. The first-order valence-electron chi connectivity index (χ1n) is 8.47. The Morgan fingerprint density at radius 1 is 1.22 bits per heavy atom. The van der Waals surface area contributed by atoms with Gasteiger partial charge in [0.2, 0.25) is 5.91 Å². The fourth-order valence-corrected chi connectivity index (χ4v) is 2.96. The van der Waals surface area contributed by atoms with Gasteiger partial charge in [0.05, 0.1) is 32.2 Å². The number of carbonyl (C=O) groups excluding carboxylic acids is 2. The van der Waals surface area contributed by atoms with Gasteiger partial charge in [-0.2, -0.15) is 0 Å². The van der Waals surface area contributed by atoms with Crippen molar-refractivity contribution in [3.8, 4) is 0 Å². The third-order valence-corrected chi connectivity index (χ3v) is 4.59. The molecule has 0 aromatic heterocycles. The molecule has 23 heavy (non-hydrogen) atoms. The first kappa shape index (κ1) is 17.5. The van der Waals surface area contributed by atoms with Gasteiger partial charge in [-0.3, -0.25) is 9.59 Å². The summed E-state index contributed by atoms with van der Waals surface area (Å²) in [6, 6.07) is 8.42. The third-order valence-electron chi connectivity index (χ3n) is 4.59. The lowest BCUT2D eigenvalue weighted by Crippen LogP contribution is -3.15. The van der Waals surface area contributed by atoms with E-state index in [1.165, 1.54) is 10.5 Å². The van der Waals surface area contributed by atoms with Crippen LogP contribution in [0.3, 0.4) is 0 Å². The van der Waals surface area contributed by atoms with Gasteiger partial charge in [0.1, 0.15) is 0 Å². The number of quaternary nitrogens is 1. The molecule has 0 bridgehead atoms. The third kappa shape index (κ3) is 5.06. The Hall–Kier alpha value is -1.88. The maximum absolute atomic E-state index is 12.2. The molecule has 1 fully saturated rings. The average Bonchev–Trinajstić information content (AvgIpc) is 2.55. The molecule has 1 saturated heterocycles. The normalized spacial score (nSPS) is 16.9. The number of benzene rings is 1. The summed E-state index contributed by atoms with van der Waals surface area (Å²) in [6.07, 6.45) is 1.02. The van der Waals surface area contributed by atoms with Crippen LogP contribution in [-0.2, 0) is 16.0 Å². The molecule has 2 N–H and O–H groups in total. The van der Waals surface area contributed by atoms with Crippen molar-refractivity contribution >= 4 is 11.8 Å². The van der Waals surface area contributed by atoms with Crippen LogP contribution in [0.5, 0.6) is 0 Å². The minimum absolute atomic E-state index is 0.0197. The van der Waals surface area contributed by atoms with Gasteiger partial charge < -0.3 is 15.1 Å². The van der Waals surface area contributed by atoms with E-state index in [0.717, 1.165) is 38.2 Å². The minimum atomic E-state index is 0.0197. The van der Waals surface area contributed by atoms with Crippen LogP contribution < -0.4 is 10.2 Å². The SMILES string of the molecule is CCc1ccc([C@@H](C)NC(=O)C[NH+]2CCN(C(C)=O)CC2)cc1. The van der Waals surface area contributed by atoms with Gasteiger partial charge in [0.25, 0.3) is 5.91 Å². The van der Waals surface area contributed by atoms with Gasteiger partial charge in [-0.15, -0.1) is 0 Å². The summed E-state index contributed by atoms with van der Waals surface area (Å²) in [5, 5.41) is 3.07. The monoisotopic (exact) mass is 318 g/mol. The number of hydrogen-bond acceptors (Lipinski definition) is 2. The second-order valence-corrected chi connectivity index (χ2v) is 6.32. The molecule has 1 heterocycles. The van der Waals surface area contributed by atoms with Crippen LogP contribution in [0.1, 0.15) is 37.9 Å². The van der Waals surface area contributed by atoms with Crippen LogP contribution in [0.15, 0.2) is 24.3 Å². The average molecular weight is 318 g/mol. The summed E-state index contributed by atoms with van der Waals surface area (Å²) in [6.45, 7) is 9.39. The van der Waals surface area contributed by atoms with Crippen molar-refractivity contribution in [3.63, 3.8) is 0 Å². The molecule has 0 aliphatic carbocycles. The van der Waals surface area contributed by atoms with Gasteiger partial charge in [-0.05, 0) is 24.5 Å². The summed E-state index contributed by atoms with van der Waals surface area (Å²) in [4.78, 5) is 26.6. The van der Waals surface area contributed by atoms with E-state index in [-0.39, 0.29) is 17.9 Å². The maximum Gasteiger partial charge on any atom is 0.275 e. The summed E-state index contributed by atoms with van der Waals surface area (Å²) in [5.41, 5.74) is 2.44. The van der Waals surface area contributed by atoms with Crippen LogP contribution in [0.25, 0.3) is 0 Å². The van der Waals surface area contributed by atoms with E-state index in [0.29, 0.717) is 6.54 Å². The number of aryl methyl sites for hydroxylation is 1. The highest BCUT2D eigenvalue weighted by Crippen LogP contribution is 2.13. The van der Waals surface area contributed by atoms with Gasteiger partial charge in [-0.1, -0.05) is 31.2 Å². The highest BCUT2D eigenvalue weighted by atomic mass is 16.2. The lowest BCUT2D eigenvalue weighted by Gasteiger charge is -2.31. The van der Waals surface area contributed by atoms with Crippen molar-refractivity contribution in [3.05, 3.63) is 35.4 Å². The Morgan fingerprint density at radius 2 is 1.83 bits per heavy atom. The van der Waals surface area contributed by atoms with Crippen molar-refractivity contribution in [2.75, 3.05) is 32.7 Å². The second kappa shape index (κ2) is 8.11. The number of hydrogen-bond donors (Lipinski definition) is 2. The molecule has 1 aromatic carbocycles. The summed E-state index contributed by atoms with van der Waals surface area (Å²) < 4.78 is 0. The number of piperazine rings is 1. The topological polar surface area (TPSA) is 53.9 Å². The Balaban J connectivity index is 1.79. The standard InChI is InChI=1S/C18H27N3O2/c1-4-16-5-7-17(8-6-16)14(2)19-18(23)13-20-9-11-21(12-10-20)15(3)22/h5-8,14H,4,9-13H2,1-3H3,(H,19,23)/p+1/t14-/m1/s1. The van der Waals surface area contributed by atoms with Crippen LogP contribution in [0.2, 0.25) is 0 Å². The number of carbonyl (C=O) groups is 2. The van der Waals surface area contributed by atoms with Gasteiger partial charge in [0.15, 0.2) is 6.54 Å². The molecule has 0 saturated carbocycles. The van der Waals surface area contributed by atoms with E-state index in [9.17, 15) is 9.59 Å². The largest absolute Gasteiger partial charge is 0.345 e. The summed E-state index contributed by atoms with van der Waals surface area (Å²) in [7, 11) is 0. The first-order chi connectivity index (χ1) is 11.0. The Bertz CT molecular complexity index is 534. The first-order valence-corrected chi connectivity index (χ1v) is 8.47. The number of nitrogens with one attached hydrogen (secondary N) is 2.